The highest BCUT2D eigenvalue weighted by Crippen LogP contribution is 2.25. The van der Waals surface area contributed by atoms with Gasteiger partial charge in [-0.25, -0.2) is 4.98 Å². The smallest absolute Gasteiger partial charge is 0.202 e. The first-order chi connectivity index (χ1) is 7.54. The molecule has 5 heteroatoms. The van der Waals surface area contributed by atoms with Crippen LogP contribution < -0.4 is 5.32 Å². The number of anilines is 1. The number of rotatable bonds is 6. The Morgan fingerprint density at radius 2 is 2.00 bits per heavy atom. The summed E-state index contributed by atoms with van der Waals surface area (Å²) in [6, 6.07) is 0. The van der Waals surface area contributed by atoms with Crippen LogP contribution in [0.4, 0.5) is 5.13 Å². The highest BCUT2D eigenvalue weighted by molar-refractivity contribution is 7.09. The minimum Gasteiger partial charge on any atom is -0.373 e. The SMILES string of the molecule is COC(c1nsc(NCC(C)C)n1)C(C)C. The molecule has 0 saturated carbocycles. The second-order valence-corrected chi connectivity index (χ2v) is 5.38. The van der Waals surface area contributed by atoms with Gasteiger partial charge in [-0.3, -0.25) is 0 Å². The van der Waals surface area contributed by atoms with E-state index in [0.29, 0.717) is 11.8 Å². The van der Waals surface area contributed by atoms with E-state index >= 15 is 0 Å². The van der Waals surface area contributed by atoms with Crippen LogP contribution in [-0.4, -0.2) is 23.0 Å². The molecule has 16 heavy (non-hydrogen) atoms. The van der Waals surface area contributed by atoms with Gasteiger partial charge < -0.3 is 10.1 Å². The first-order valence-corrected chi connectivity index (χ1v) is 6.42. The van der Waals surface area contributed by atoms with Gasteiger partial charge >= 0.3 is 0 Å². The Bertz CT molecular complexity index is 312. The molecule has 1 N–H and O–H groups in total. The zero-order valence-corrected chi connectivity index (χ0v) is 11.5. The summed E-state index contributed by atoms with van der Waals surface area (Å²) in [5.74, 6) is 1.78. The number of aromatic nitrogens is 2. The summed E-state index contributed by atoms with van der Waals surface area (Å²) in [4.78, 5) is 4.45. The molecule has 0 aliphatic heterocycles. The average molecular weight is 243 g/mol. The Hall–Kier alpha value is -0.680. The maximum absolute atomic E-state index is 5.39. The fourth-order valence-corrected chi connectivity index (χ4v) is 2.00. The van der Waals surface area contributed by atoms with Crippen molar-refractivity contribution in [2.24, 2.45) is 11.8 Å². The lowest BCUT2D eigenvalue weighted by atomic mass is 10.1. The van der Waals surface area contributed by atoms with Gasteiger partial charge in [-0.2, -0.15) is 4.37 Å². The first kappa shape index (κ1) is 13.4. The molecule has 1 aromatic heterocycles. The quantitative estimate of drug-likeness (QED) is 0.834. The van der Waals surface area contributed by atoms with Crippen molar-refractivity contribution < 1.29 is 4.74 Å². The summed E-state index contributed by atoms with van der Waals surface area (Å²) in [7, 11) is 1.70. The van der Waals surface area contributed by atoms with Gasteiger partial charge in [0.15, 0.2) is 5.82 Å². The monoisotopic (exact) mass is 243 g/mol. The van der Waals surface area contributed by atoms with Crippen LogP contribution in [0.25, 0.3) is 0 Å². The predicted molar refractivity (Wildman–Crippen MR) is 67.8 cm³/mol. The molecule has 4 nitrogen and oxygen atoms in total. The van der Waals surface area contributed by atoms with E-state index in [1.54, 1.807) is 7.11 Å². The number of nitrogens with zero attached hydrogens (tertiary/aromatic N) is 2. The van der Waals surface area contributed by atoms with E-state index in [9.17, 15) is 0 Å². The Kier molecular flexibility index (Phi) is 5.15. The standard InChI is InChI=1S/C11H21N3OS/c1-7(2)6-12-11-13-10(14-16-11)9(15-5)8(3)4/h7-9H,6H2,1-5H3,(H,12,13,14). The second-order valence-electron chi connectivity index (χ2n) is 4.63. The molecule has 0 aliphatic rings. The normalized spacial score (nSPS) is 13.4. The summed E-state index contributed by atoms with van der Waals surface area (Å²) in [6.07, 6.45) is -0.00847. The van der Waals surface area contributed by atoms with Crippen LogP contribution in [0.15, 0.2) is 0 Å². The molecule has 0 amide bonds. The summed E-state index contributed by atoms with van der Waals surface area (Å²) in [6.45, 7) is 9.48. The van der Waals surface area contributed by atoms with Crippen LogP contribution in [-0.2, 0) is 4.74 Å². The Labute approximate surface area is 102 Å². The zero-order valence-electron chi connectivity index (χ0n) is 10.7. The first-order valence-electron chi connectivity index (χ1n) is 5.64. The third-order valence-electron chi connectivity index (χ3n) is 2.22. The van der Waals surface area contributed by atoms with Gasteiger partial charge in [-0.1, -0.05) is 27.7 Å². The zero-order chi connectivity index (χ0) is 12.1. The van der Waals surface area contributed by atoms with E-state index in [1.807, 2.05) is 0 Å². The van der Waals surface area contributed by atoms with Crippen LogP contribution in [0, 0.1) is 11.8 Å². The molecule has 0 aromatic carbocycles. The topological polar surface area (TPSA) is 47.0 Å². The molecular weight excluding hydrogens is 222 g/mol. The van der Waals surface area contributed by atoms with Gasteiger partial charge in [-0.15, -0.1) is 0 Å². The molecule has 1 unspecified atom stereocenters. The third-order valence-corrected chi connectivity index (χ3v) is 2.90. The third kappa shape index (κ3) is 3.72. The van der Waals surface area contributed by atoms with E-state index in [0.717, 1.165) is 17.5 Å². The lowest BCUT2D eigenvalue weighted by molar-refractivity contribution is 0.0585. The molecule has 0 radical (unpaired) electrons. The molecule has 1 rings (SSSR count). The van der Waals surface area contributed by atoms with Crippen LogP contribution >= 0.6 is 11.5 Å². The highest BCUT2D eigenvalue weighted by Gasteiger charge is 2.19. The minimum absolute atomic E-state index is 0.00847. The second kappa shape index (κ2) is 6.15. The molecule has 0 aliphatic carbocycles. The van der Waals surface area contributed by atoms with Crippen molar-refractivity contribution in [2.75, 3.05) is 19.0 Å². The molecule has 1 heterocycles. The van der Waals surface area contributed by atoms with Gasteiger partial charge in [0.05, 0.1) is 0 Å². The maximum atomic E-state index is 5.39. The molecule has 1 atom stereocenters. The van der Waals surface area contributed by atoms with Crippen LogP contribution in [0.5, 0.6) is 0 Å². The number of hydrogen-bond donors (Lipinski definition) is 1. The van der Waals surface area contributed by atoms with Crippen molar-refractivity contribution >= 4 is 16.7 Å². The molecule has 0 spiro atoms. The molecule has 1 aromatic rings. The van der Waals surface area contributed by atoms with Gasteiger partial charge in [0.25, 0.3) is 0 Å². The van der Waals surface area contributed by atoms with Crippen molar-refractivity contribution in [2.45, 2.75) is 33.8 Å². The highest BCUT2D eigenvalue weighted by atomic mass is 32.1. The van der Waals surface area contributed by atoms with Gasteiger partial charge in [-0.05, 0) is 11.8 Å². The van der Waals surface area contributed by atoms with E-state index in [2.05, 4.69) is 42.4 Å². The lowest BCUT2D eigenvalue weighted by Gasteiger charge is -2.15. The van der Waals surface area contributed by atoms with E-state index in [4.69, 9.17) is 4.74 Å². The Morgan fingerprint density at radius 3 is 2.50 bits per heavy atom. The summed E-state index contributed by atoms with van der Waals surface area (Å²) in [5.41, 5.74) is 0. The number of methoxy groups -OCH3 is 1. The summed E-state index contributed by atoms with van der Waals surface area (Å²) >= 11 is 1.40. The molecule has 0 saturated heterocycles. The van der Waals surface area contributed by atoms with Crippen molar-refractivity contribution in [3.8, 4) is 0 Å². The molecule has 92 valence electrons. The number of nitrogens with one attached hydrogen (secondary N) is 1. The number of ether oxygens (including phenoxy) is 1. The van der Waals surface area contributed by atoms with Crippen molar-refractivity contribution in [3.63, 3.8) is 0 Å². The predicted octanol–water partition coefficient (Wildman–Crippen LogP) is 2.95. The Morgan fingerprint density at radius 1 is 1.31 bits per heavy atom. The fraction of sp³-hybridized carbons (Fsp3) is 0.818. The largest absolute Gasteiger partial charge is 0.373 e. The average Bonchev–Trinajstić information content (AvgIpc) is 2.64. The van der Waals surface area contributed by atoms with E-state index in [-0.39, 0.29) is 6.10 Å². The molecule has 0 fully saturated rings. The maximum Gasteiger partial charge on any atom is 0.202 e. The van der Waals surface area contributed by atoms with Crippen molar-refractivity contribution in [1.29, 1.82) is 0 Å². The van der Waals surface area contributed by atoms with Crippen LogP contribution in [0.3, 0.4) is 0 Å². The van der Waals surface area contributed by atoms with Crippen LogP contribution in [0.1, 0.15) is 39.6 Å². The van der Waals surface area contributed by atoms with Crippen molar-refractivity contribution in [3.05, 3.63) is 5.82 Å². The van der Waals surface area contributed by atoms with Gasteiger partial charge in [0.1, 0.15) is 6.10 Å². The lowest BCUT2D eigenvalue weighted by Crippen LogP contribution is -2.11. The van der Waals surface area contributed by atoms with E-state index in [1.165, 1.54) is 11.5 Å². The van der Waals surface area contributed by atoms with Crippen LogP contribution in [0.2, 0.25) is 0 Å². The number of hydrogen-bond acceptors (Lipinski definition) is 5. The molecule has 0 bridgehead atoms. The van der Waals surface area contributed by atoms with E-state index < -0.39 is 0 Å². The fourth-order valence-electron chi connectivity index (χ4n) is 1.39. The summed E-state index contributed by atoms with van der Waals surface area (Å²) in [5, 5.41) is 4.15. The van der Waals surface area contributed by atoms with Gasteiger partial charge in [0, 0.05) is 25.2 Å². The molecular formula is C11H21N3OS. The minimum atomic E-state index is -0.00847. The Balaban J connectivity index is 2.62. The van der Waals surface area contributed by atoms with Gasteiger partial charge in [0.2, 0.25) is 5.13 Å². The summed E-state index contributed by atoms with van der Waals surface area (Å²) < 4.78 is 9.72. The van der Waals surface area contributed by atoms with Crippen molar-refractivity contribution in [1.82, 2.24) is 9.36 Å².